The summed E-state index contributed by atoms with van der Waals surface area (Å²) in [6, 6.07) is 2.87. The summed E-state index contributed by atoms with van der Waals surface area (Å²) in [5.41, 5.74) is 0.929. The van der Waals surface area contributed by atoms with Crippen molar-refractivity contribution in [2.45, 2.75) is 32.1 Å². The summed E-state index contributed by atoms with van der Waals surface area (Å²) in [5, 5.41) is 17.3. The molecule has 2 atom stereocenters. The van der Waals surface area contributed by atoms with E-state index in [-0.39, 0.29) is 11.1 Å². The smallest absolute Gasteiger partial charge is 0.240 e. The average Bonchev–Trinajstić information content (AvgIpc) is 2.35. The zero-order valence-electron chi connectivity index (χ0n) is 10.4. The van der Waals surface area contributed by atoms with Crippen LogP contribution in [0.2, 0.25) is 5.15 Å². The average molecular weight is 273 g/mol. The minimum absolute atomic E-state index is 0.270. The van der Waals surface area contributed by atoms with Crippen LogP contribution in [0, 0.1) is 10.1 Å². The number of nitrogens with one attached hydrogen (secondary N) is 2. The van der Waals surface area contributed by atoms with Gasteiger partial charge < -0.3 is 0 Å². The Morgan fingerprint density at radius 2 is 2.28 bits per heavy atom. The van der Waals surface area contributed by atoms with Crippen molar-refractivity contribution in [1.82, 2.24) is 15.6 Å². The van der Waals surface area contributed by atoms with Gasteiger partial charge in [0.25, 0.3) is 0 Å². The van der Waals surface area contributed by atoms with Crippen molar-refractivity contribution in [3.63, 3.8) is 0 Å². The molecule has 0 aromatic carbocycles. The molecular formula is C11H17ClN4O2. The van der Waals surface area contributed by atoms with E-state index in [4.69, 9.17) is 11.6 Å². The number of nitrogens with zero attached hydrogens (tertiary/aromatic N) is 2. The summed E-state index contributed by atoms with van der Waals surface area (Å²) >= 11 is 5.68. The van der Waals surface area contributed by atoms with Gasteiger partial charge in [-0.05, 0) is 18.7 Å². The molecule has 0 spiro atoms. The van der Waals surface area contributed by atoms with E-state index >= 15 is 0 Å². The second-order valence-corrected chi connectivity index (χ2v) is 4.28. The van der Waals surface area contributed by atoms with Crippen LogP contribution in [0.1, 0.15) is 18.9 Å². The number of likely N-dealkylation sites (N-methyl/N-ethyl adjacent to an activating group) is 1. The van der Waals surface area contributed by atoms with Crippen LogP contribution in [0.5, 0.6) is 0 Å². The van der Waals surface area contributed by atoms with Gasteiger partial charge in [-0.2, -0.15) is 0 Å². The lowest BCUT2D eigenvalue weighted by Gasteiger charge is -2.20. The molecule has 1 rings (SSSR count). The van der Waals surface area contributed by atoms with Gasteiger partial charge in [-0.3, -0.25) is 20.7 Å². The maximum absolute atomic E-state index is 10.9. The molecule has 0 saturated carbocycles. The van der Waals surface area contributed by atoms with Crippen molar-refractivity contribution in [2.75, 3.05) is 7.05 Å². The zero-order chi connectivity index (χ0) is 13.5. The third-order valence-electron chi connectivity index (χ3n) is 2.70. The molecule has 100 valence electrons. The summed E-state index contributed by atoms with van der Waals surface area (Å²) in [6.07, 6.45) is 1.74. The number of hydrogen-bond donors (Lipinski definition) is 2. The van der Waals surface area contributed by atoms with Gasteiger partial charge in [-0.25, -0.2) is 4.98 Å². The van der Waals surface area contributed by atoms with E-state index in [9.17, 15) is 10.1 Å². The minimum Gasteiger partial charge on any atom is -0.299 e. The lowest BCUT2D eigenvalue weighted by atomic mass is 10.1. The molecule has 2 unspecified atom stereocenters. The van der Waals surface area contributed by atoms with Gasteiger partial charge >= 0.3 is 0 Å². The number of rotatable bonds is 7. The van der Waals surface area contributed by atoms with Crippen LogP contribution in [-0.4, -0.2) is 29.2 Å². The largest absolute Gasteiger partial charge is 0.299 e. The van der Waals surface area contributed by atoms with Crippen LogP contribution in [-0.2, 0) is 6.54 Å². The van der Waals surface area contributed by atoms with E-state index in [1.54, 1.807) is 26.2 Å². The third kappa shape index (κ3) is 4.21. The summed E-state index contributed by atoms with van der Waals surface area (Å²) in [4.78, 5) is 14.6. The van der Waals surface area contributed by atoms with Crippen LogP contribution in [0.4, 0.5) is 0 Å². The van der Waals surface area contributed by atoms with Gasteiger partial charge in [0.15, 0.2) is 0 Å². The molecule has 0 aliphatic heterocycles. The van der Waals surface area contributed by atoms with Crippen molar-refractivity contribution < 1.29 is 4.92 Å². The monoisotopic (exact) mass is 272 g/mol. The molecule has 1 aromatic heterocycles. The fraction of sp³-hybridized carbons (Fsp3) is 0.545. The van der Waals surface area contributed by atoms with E-state index < -0.39 is 6.04 Å². The Morgan fingerprint density at radius 1 is 1.56 bits per heavy atom. The second kappa shape index (κ2) is 7.25. The first kappa shape index (κ1) is 14.8. The molecular weight excluding hydrogens is 256 g/mol. The van der Waals surface area contributed by atoms with Crippen LogP contribution in [0.3, 0.4) is 0 Å². The maximum Gasteiger partial charge on any atom is 0.240 e. The predicted octanol–water partition coefficient (Wildman–Crippen LogP) is 1.43. The Morgan fingerprint density at radius 3 is 2.72 bits per heavy atom. The third-order valence-corrected chi connectivity index (χ3v) is 2.92. The molecule has 1 aromatic rings. The van der Waals surface area contributed by atoms with Gasteiger partial charge in [0.2, 0.25) is 6.04 Å². The van der Waals surface area contributed by atoms with E-state index in [1.807, 2.05) is 6.07 Å². The highest BCUT2D eigenvalue weighted by atomic mass is 35.5. The SMILES string of the molecule is CCC(C(NC)NCc1ccc(Cl)nc1)[N+](=O)[O-]. The quantitative estimate of drug-likeness (QED) is 0.340. The Labute approximate surface area is 111 Å². The van der Waals surface area contributed by atoms with E-state index in [0.29, 0.717) is 18.1 Å². The van der Waals surface area contributed by atoms with Gasteiger partial charge in [0, 0.05) is 24.1 Å². The van der Waals surface area contributed by atoms with Crippen LogP contribution in [0.25, 0.3) is 0 Å². The van der Waals surface area contributed by atoms with Crippen LogP contribution >= 0.6 is 11.6 Å². The molecule has 6 nitrogen and oxygen atoms in total. The number of nitro groups is 1. The number of hydrogen-bond acceptors (Lipinski definition) is 5. The van der Waals surface area contributed by atoms with Crippen molar-refractivity contribution >= 4 is 11.6 Å². The Balaban J connectivity index is 2.58. The van der Waals surface area contributed by atoms with Crippen molar-refractivity contribution in [3.05, 3.63) is 39.2 Å². The minimum atomic E-state index is -0.657. The predicted molar refractivity (Wildman–Crippen MR) is 70.0 cm³/mol. The van der Waals surface area contributed by atoms with Gasteiger partial charge in [0.05, 0.1) is 0 Å². The van der Waals surface area contributed by atoms with Crippen molar-refractivity contribution in [1.29, 1.82) is 0 Å². The Bertz CT molecular complexity index is 385. The fourth-order valence-corrected chi connectivity index (χ4v) is 1.79. The summed E-state index contributed by atoms with van der Waals surface area (Å²) in [7, 11) is 1.70. The normalized spacial score (nSPS) is 14.2. The van der Waals surface area contributed by atoms with Gasteiger partial charge in [-0.1, -0.05) is 24.6 Å². The second-order valence-electron chi connectivity index (χ2n) is 3.90. The maximum atomic E-state index is 10.9. The fourth-order valence-electron chi connectivity index (χ4n) is 1.68. The highest BCUT2D eigenvalue weighted by Crippen LogP contribution is 2.06. The molecule has 2 N–H and O–H groups in total. The highest BCUT2D eigenvalue weighted by Gasteiger charge is 2.27. The van der Waals surface area contributed by atoms with E-state index in [1.165, 1.54) is 0 Å². The summed E-state index contributed by atoms with van der Waals surface area (Å²) in [5.74, 6) is 0. The highest BCUT2D eigenvalue weighted by molar-refractivity contribution is 6.29. The lowest BCUT2D eigenvalue weighted by Crippen LogP contribution is -2.51. The zero-order valence-corrected chi connectivity index (χ0v) is 11.1. The number of halogens is 1. The molecule has 1 heterocycles. The summed E-state index contributed by atoms with van der Waals surface area (Å²) < 4.78 is 0. The van der Waals surface area contributed by atoms with Gasteiger partial charge in [0.1, 0.15) is 11.3 Å². The lowest BCUT2D eigenvalue weighted by molar-refractivity contribution is -0.528. The van der Waals surface area contributed by atoms with Crippen LogP contribution < -0.4 is 10.6 Å². The summed E-state index contributed by atoms with van der Waals surface area (Å²) in [6.45, 7) is 2.29. The molecule has 0 aliphatic rings. The number of pyridine rings is 1. The molecule has 0 aliphatic carbocycles. The standard InChI is InChI=1S/C11H17ClN4O2/c1-3-9(16(17)18)11(13-2)15-7-8-4-5-10(12)14-6-8/h4-6,9,11,13,15H,3,7H2,1-2H3. The van der Waals surface area contributed by atoms with Gasteiger partial charge in [-0.15, -0.1) is 0 Å². The Kier molecular flexibility index (Phi) is 5.97. The first-order chi connectivity index (χ1) is 8.58. The number of aromatic nitrogens is 1. The first-order valence-corrected chi connectivity index (χ1v) is 6.10. The van der Waals surface area contributed by atoms with Crippen molar-refractivity contribution in [3.8, 4) is 0 Å². The van der Waals surface area contributed by atoms with Crippen LogP contribution in [0.15, 0.2) is 18.3 Å². The molecule has 0 amide bonds. The van der Waals surface area contributed by atoms with E-state index in [2.05, 4.69) is 15.6 Å². The molecule has 18 heavy (non-hydrogen) atoms. The molecule has 0 saturated heterocycles. The van der Waals surface area contributed by atoms with E-state index in [0.717, 1.165) is 5.56 Å². The molecule has 7 heteroatoms. The topological polar surface area (TPSA) is 80.1 Å². The van der Waals surface area contributed by atoms with Crippen molar-refractivity contribution in [2.24, 2.45) is 0 Å². The molecule has 0 bridgehead atoms. The molecule has 0 radical (unpaired) electrons. The molecule has 0 fully saturated rings. The Hall–Kier alpha value is -1.24. The first-order valence-electron chi connectivity index (χ1n) is 5.73.